The van der Waals surface area contributed by atoms with Crippen LogP contribution in [-0.2, 0) is 11.3 Å². The van der Waals surface area contributed by atoms with E-state index in [1.165, 1.54) is 0 Å². The highest BCUT2D eigenvalue weighted by atomic mass is 16.3. The van der Waals surface area contributed by atoms with E-state index in [2.05, 4.69) is 26.0 Å². The van der Waals surface area contributed by atoms with Gasteiger partial charge in [-0.25, -0.2) is 0 Å². The summed E-state index contributed by atoms with van der Waals surface area (Å²) >= 11 is 0. The molecule has 3 rings (SSSR count). The minimum atomic E-state index is -1.04. The van der Waals surface area contributed by atoms with E-state index in [0.29, 0.717) is 23.1 Å². The number of H-pyrrole nitrogens is 1. The van der Waals surface area contributed by atoms with E-state index in [9.17, 15) is 14.7 Å². The molecule has 2 amide bonds. The summed E-state index contributed by atoms with van der Waals surface area (Å²) in [5, 5.41) is 24.9. The number of benzene rings is 2. The van der Waals surface area contributed by atoms with Crippen molar-refractivity contribution in [3.05, 3.63) is 59.7 Å². The van der Waals surface area contributed by atoms with Crippen LogP contribution in [-0.4, -0.2) is 45.0 Å². The maximum absolute atomic E-state index is 12.3. The van der Waals surface area contributed by atoms with E-state index in [4.69, 9.17) is 0 Å². The van der Waals surface area contributed by atoms with Gasteiger partial charge in [-0.15, -0.1) is 0 Å². The summed E-state index contributed by atoms with van der Waals surface area (Å²) in [6.07, 6.45) is 0. The van der Waals surface area contributed by atoms with Gasteiger partial charge in [-0.1, -0.05) is 30.3 Å². The minimum Gasteiger partial charge on any atom is -0.394 e. The Hall–Kier alpha value is -3.26. The first-order chi connectivity index (χ1) is 12.2. The van der Waals surface area contributed by atoms with E-state index in [-0.39, 0.29) is 0 Å². The quantitative estimate of drug-likeness (QED) is 0.517. The van der Waals surface area contributed by atoms with E-state index >= 15 is 0 Å². The maximum atomic E-state index is 12.3. The van der Waals surface area contributed by atoms with Gasteiger partial charge < -0.3 is 15.7 Å². The molecular weight excluding hydrogens is 322 g/mol. The number of aliphatic hydroxyl groups is 1. The van der Waals surface area contributed by atoms with Crippen LogP contribution in [0.5, 0.6) is 0 Å². The van der Waals surface area contributed by atoms with E-state index in [1.807, 2.05) is 30.3 Å². The zero-order chi connectivity index (χ0) is 17.6. The third-order valence-electron chi connectivity index (χ3n) is 3.69. The van der Waals surface area contributed by atoms with Gasteiger partial charge in [0.25, 0.3) is 5.91 Å². The van der Waals surface area contributed by atoms with Crippen LogP contribution >= 0.6 is 0 Å². The van der Waals surface area contributed by atoms with Gasteiger partial charge in [-0.2, -0.15) is 15.4 Å². The first-order valence-corrected chi connectivity index (χ1v) is 7.71. The second kappa shape index (κ2) is 7.54. The zero-order valence-electron chi connectivity index (χ0n) is 13.3. The highest BCUT2D eigenvalue weighted by Crippen LogP contribution is 2.10. The number of amides is 2. The van der Waals surface area contributed by atoms with Crippen molar-refractivity contribution in [1.29, 1.82) is 0 Å². The Morgan fingerprint density at radius 3 is 2.60 bits per heavy atom. The Morgan fingerprint density at radius 1 is 1.08 bits per heavy atom. The normalized spacial score (nSPS) is 11.9. The van der Waals surface area contributed by atoms with E-state index in [0.717, 1.165) is 5.56 Å². The zero-order valence-corrected chi connectivity index (χ0v) is 13.3. The molecule has 0 spiro atoms. The molecule has 128 valence electrons. The number of aromatic nitrogens is 3. The summed E-state index contributed by atoms with van der Waals surface area (Å²) in [6.45, 7) is -0.185. The predicted octanol–water partition coefficient (Wildman–Crippen LogP) is 0.365. The number of nitrogens with one attached hydrogen (secondary N) is 3. The smallest absolute Gasteiger partial charge is 0.252 e. The van der Waals surface area contributed by atoms with E-state index < -0.39 is 24.5 Å². The third-order valence-corrected chi connectivity index (χ3v) is 3.69. The SMILES string of the molecule is O=C(NC(CO)C(=O)NCc1ccccc1)c1ccc2n[nH]nc2c1. The molecule has 0 saturated heterocycles. The molecule has 0 aliphatic rings. The van der Waals surface area contributed by atoms with Crippen molar-refractivity contribution in [1.82, 2.24) is 26.0 Å². The number of fused-ring (bicyclic) bond motifs is 1. The monoisotopic (exact) mass is 339 g/mol. The number of rotatable bonds is 6. The van der Waals surface area contributed by atoms with Crippen LogP contribution in [0.3, 0.4) is 0 Å². The lowest BCUT2D eigenvalue weighted by atomic mass is 10.1. The van der Waals surface area contributed by atoms with Crippen LogP contribution in [0.2, 0.25) is 0 Å². The molecule has 8 heteroatoms. The highest BCUT2D eigenvalue weighted by molar-refractivity contribution is 5.99. The third kappa shape index (κ3) is 3.99. The lowest BCUT2D eigenvalue weighted by Crippen LogP contribution is -2.48. The lowest BCUT2D eigenvalue weighted by Gasteiger charge is -2.16. The van der Waals surface area contributed by atoms with Crippen molar-refractivity contribution in [2.24, 2.45) is 0 Å². The van der Waals surface area contributed by atoms with Crippen LogP contribution in [0.15, 0.2) is 48.5 Å². The molecule has 1 heterocycles. The van der Waals surface area contributed by atoms with Crippen molar-refractivity contribution < 1.29 is 14.7 Å². The van der Waals surface area contributed by atoms with Gasteiger partial charge in [-0.3, -0.25) is 9.59 Å². The molecule has 25 heavy (non-hydrogen) atoms. The Bertz CT molecular complexity index is 878. The lowest BCUT2D eigenvalue weighted by molar-refractivity contribution is -0.124. The number of aromatic amines is 1. The van der Waals surface area contributed by atoms with Gasteiger partial charge in [0.1, 0.15) is 17.1 Å². The summed E-state index contributed by atoms with van der Waals surface area (Å²) in [5.41, 5.74) is 2.43. The number of hydrogen-bond acceptors (Lipinski definition) is 5. The van der Waals surface area contributed by atoms with Gasteiger partial charge in [0.2, 0.25) is 5.91 Å². The molecule has 0 aliphatic heterocycles. The second-order valence-corrected chi connectivity index (χ2v) is 5.44. The standard InChI is InChI=1S/C17H17N5O3/c23-10-15(17(25)18-9-11-4-2-1-3-5-11)19-16(24)12-6-7-13-14(8-12)21-22-20-13/h1-8,15,23H,9-10H2,(H,18,25)(H,19,24)(H,20,21,22). The van der Waals surface area contributed by atoms with Gasteiger partial charge in [0, 0.05) is 12.1 Å². The summed E-state index contributed by atoms with van der Waals surface area (Å²) in [4.78, 5) is 24.5. The van der Waals surface area contributed by atoms with Crippen molar-refractivity contribution in [2.75, 3.05) is 6.61 Å². The van der Waals surface area contributed by atoms with E-state index in [1.54, 1.807) is 18.2 Å². The van der Waals surface area contributed by atoms with Gasteiger partial charge >= 0.3 is 0 Å². The average molecular weight is 339 g/mol. The molecule has 0 aliphatic carbocycles. The van der Waals surface area contributed by atoms with Gasteiger partial charge in [0.15, 0.2) is 0 Å². The van der Waals surface area contributed by atoms with Crippen molar-refractivity contribution in [3.8, 4) is 0 Å². The largest absolute Gasteiger partial charge is 0.394 e. The number of aliphatic hydroxyl groups excluding tert-OH is 1. The molecule has 0 radical (unpaired) electrons. The molecule has 2 aromatic carbocycles. The molecule has 1 unspecified atom stereocenters. The molecule has 4 N–H and O–H groups in total. The maximum Gasteiger partial charge on any atom is 0.252 e. The number of hydrogen-bond donors (Lipinski definition) is 4. The molecular formula is C17H17N5O3. The topological polar surface area (TPSA) is 120 Å². The van der Waals surface area contributed by atoms with Crippen molar-refractivity contribution in [2.45, 2.75) is 12.6 Å². The molecule has 0 saturated carbocycles. The van der Waals surface area contributed by atoms with Gasteiger partial charge in [0.05, 0.1) is 6.61 Å². The number of carbonyl (C=O) groups is 2. The summed E-state index contributed by atoms with van der Waals surface area (Å²) in [6, 6.07) is 13.1. The summed E-state index contributed by atoms with van der Waals surface area (Å²) < 4.78 is 0. The fraction of sp³-hybridized carbons (Fsp3) is 0.176. The minimum absolute atomic E-state index is 0.316. The van der Waals surface area contributed by atoms with Crippen molar-refractivity contribution in [3.63, 3.8) is 0 Å². The Balaban J connectivity index is 1.62. The first kappa shape index (κ1) is 16.6. The fourth-order valence-electron chi connectivity index (χ4n) is 2.33. The molecule has 1 aromatic heterocycles. The Kier molecular flexibility index (Phi) is 5.00. The fourth-order valence-corrected chi connectivity index (χ4v) is 2.33. The van der Waals surface area contributed by atoms with Crippen molar-refractivity contribution >= 4 is 22.8 Å². The predicted molar refractivity (Wildman–Crippen MR) is 90.5 cm³/mol. The Morgan fingerprint density at radius 2 is 1.84 bits per heavy atom. The van der Waals surface area contributed by atoms with Crippen LogP contribution in [0.4, 0.5) is 0 Å². The highest BCUT2D eigenvalue weighted by Gasteiger charge is 2.20. The first-order valence-electron chi connectivity index (χ1n) is 7.71. The van der Waals surface area contributed by atoms with Crippen LogP contribution in [0.1, 0.15) is 15.9 Å². The summed E-state index contributed by atoms with van der Waals surface area (Å²) in [5.74, 6) is -0.930. The van der Waals surface area contributed by atoms with Crippen LogP contribution in [0, 0.1) is 0 Å². The molecule has 8 nitrogen and oxygen atoms in total. The van der Waals surface area contributed by atoms with Crippen LogP contribution in [0.25, 0.3) is 11.0 Å². The number of nitrogens with zero attached hydrogens (tertiary/aromatic N) is 2. The van der Waals surface area contributed by atoms with Gasteiger partial charge in [-0.05, 0) is 23.8 Å². The number of carbonyl (C=O) groups excluding carboxylic acids is 2. The molecule has 3 aromatic rings. The second-order valence-electron chi connectivity index (χ2n) is 5.44. The van der Waals surface area contributed by atoms with Crippen LogP contribution < -0.4 is 10.6 Å². The molecule has 0 fully saturated rings. The molecule has 0 bridgehead atoms. The Labute approximate surface area is 143 Å². The average Bonchev–Trinajstić information content (AvgIpc) is 3.12. The summed E-state index contributed by atoms with van der Waals surface area (Å²) in [7, 11) is 0. The molecule has 1 atom stereocenters.